The summed E-state index contributed by atoms with van der Waals surface area (Å²) in [6.45, 7) is 5.22. The Kier molecular flexibility index (Phi) is 5.79. The maximum absolute atomic E-state index is 13.3. The van der Waals surface area contributed by atoms with Crippen LogP contribution in [-0.4, -0.2) is 34.8 Å². The number of likely N-dealkylation sites (tertiary alicyclic amines) is 1. The first-order valence-electron chi connectivity index (χ1n) is 8.84. The lowest BCUT2D eigenvalue weighted by atomic mass is 9.99. The molecule has 2 aromatic rings. The maximum atomic E-state index is 13.3. The molecule has 1 fully saturated rings. The van der Waals surface area contributed by atoms with Crippen molar-refractivity contribution in [3.05, 3.63) is 51.9 Å². The average Bonchev–Trinajstić information content (AvgIpc) is 3.02. The molecule has 1 saturated heterocycles. The van der Waals surface area contributed by atoms with Crippen LogP contribution in [0.4, 0.5) is 4.39 Å². The van der Waals surface area contributed by atoms with Crippen molar-refractivity contribution in [2.45, 2.75) is 33.2 Å². The summed E-state index contributed by atoms with van der Waals surface area (Å²) < 4.78 is 18.8. The highest BCUT2D eigenvalue weighted by atomic mass is 35.5. The Balaban J connectivity index is 1.65. The fourth-order valence-corrected chi connectivity index (χ4v) is 3.21. The molecule has 0 radical (unpaired) electrons. The highest BCUT2D eigenvalue weighted by Gasteiger charge is 2.26. The fraction of sp³-hybridized carbons (Fsp3) is 0.421. The molecule has 144 valence electrons. The van der Waals surface area contributed by atoms with Crippen LogP contribution in [0.1, 0.15) is 52.3 Å². The van der Waals surface area contributed by atoms with Crippen molar-refractivity contribution in [3.63, 3.8) is 0 Å². The average molecular weight is 394 g/mol. The minimum Gasteiger partial charge on any atom is -0.443 e. The number of benzene rings is 1. The number of aromatic nitrogens is 1. The van der Waals surface area contributed by atoms with Gasteiger partial charge >= 0.3 is 0 Å². The highest BCUT2D eigenvalue weighted by molar-refractivity contribution is 6.33. The van der Waals surface area contributed by atoms with Gasteiger partial charge in [0, 0.05) is 13.1 Å². The van der Waals surface area contributed by atoms with Crippen LogP contribution in [0.15, 0.2) is 22.6 Å². The van der Waals surface area contributed by atoms with Crippen molar-refractivity contribution in [2.75, 3.05) is 13.1 Å². The Labute approximate surface area is 161 Å². The van der Waals surface area contributed by atoms with E-state index in [1.165, 1.54) is 12.1 Å². The molecule has 27 heavy (non-hydrogen) atoms. The number of aryl methyl sites for hydroxylation is 1. The molecule has 3 rings (SSSR count). The van der Waals surface area contributed by atoms with Crippen LogP contribution in [0.25, 0.3) is 0 Å². The zero-order chi connectivity index (χ0) is 19.6. The number of oxazole rings is 1. The van der Waals surface area contributed by atoms with Gasteiger partial charge in [0.25, 0.3) is 11.8 Å². The Bertz CT molecular complexity index is 860. The van der Waals surface area contributed by atoms with Crippen molar-refractivity contribution in [2.24, 2.45) is 5.92 Å². The van der Waals surface area contributed by atoms with Gasteiger partial charge in [0.15, 0.2) is 5.69 Å². The quantitative estimate of drug-likeness (QED) is 0.861. The van der Waals surface area contributed by atoms with E-state index in [-0.39, 0.29) is 34.6 Å². The third-order valence-corrected chi connectivity index (χ3v) is 5.02. The number of carbonyl (C=O) groups excluding carboxylic acids is 2. The molecule has 1 aliphatic rings. The maximum Gasteiger partial charge on any atom is 0.276 e. The van der Waals surface area contributed by atoms with Gasteiger partial charge in [-0.15, -0.1) is 0 Å². The molecule has 1 N–H and O–H groups in total. The van der Waals surface area contributed by atoms with E-state index < -0.39 is 11.7 Å². The van der Waals surface area contributed by atoms with Gasteiger partial charge < -0.3 is 14.6 Å². The van der Waals surface area contributed by atoms with Gasteiger partial charge in [0.2, 0.25) is 5.89 Å². The molecule has 0 aliphatic carbocycles. The monoisotopic (exact) mass is 393 g/mol. The van der Waals surface area contributed by atoms with E-state index in [1.807, 2.05) is 0 Å². The summed E-state index contributed by atoms with van der Waals surface area (Å²) in [5, 5.41) is 2.72. The first-order chi connectivity index (χ1) is 12.8. The normalized spacial score (nSPS) is 15.0. The molecule has 0 spiro atoms. The lowest BCUT2D eigenvalue weighted by Crippen LogP contribution is -2.38. The third-order valence-electron chi connectivity index (χ3n) is 4.69. The summed E-state index contributed by atoms with van der Waals surface area (Å²) in [5.41, 5.74) is 0.288. The second-order valence-corrected chi connectivity index (χ2v) is 7.20. The van der Waals surface area contributed by atoms with Gasteiger partial charge in [-0.25, -0.2) is 9.37 Å². The number of carbonyl (C=O) groups is 2. The zero-order valence-corrected chi connectivity index (χ0v) is 16.0. The molecule has 1 aromatic heterocycles. The summed E-state index contributed by atoms with van der Waals surface area (Å²) in [6, 6.07) is 3.55. The zero-order valence-electron chi connectivity index (χ0n) is 15.2. The summed E-state index contributed by atoms with van der Waals surface area (Å²) in [5.74, 6) is -0.0240. The number of nitrogens with zero attached hydrogens (tertiary/aromatic N) is 2. The number of hydrogen-bond donors (Lipinski definition) is 1. The van der Waals surface area contributed by atoms with Crippen LogP contribution in [0.5, 0.6) is 0 Å². The number of nitrogens with one attached hydrogen (secondary N) is 1. The molecule has 8 heteroatoms. The molecule has 0 atom stereocenters. The van der Waals surface area contributed by atoms with Crippen molar-refractivity contribution in [1.29, 1.82) is 0 Å². The number of halogens is 2. The predicted molar refractivity (Wildman–Crippen MR) is 98.1 cm³/mol. The molecular weight excluding hydrogens is 373 g/mol. The molecule has 0 bridgehead atoms. The van der Waals surface area contributed by atoms with E-state index in [0.29, 0.717) is 24.8 Å². The number of amides is 2. The Morgan fingerprint density at radius 2 is 2.07 bits per heavy atom. The topological polar surface area (TPSA) is 75.4 Å². The van der Waals surface area contributed by atoms with Crippen molar-refractivity contribution in [1.82, 2.24) is 15.2 Å². The molecule has 2 heterocycles. The number of rotatable bonds is 4. The summed E-state index contributed by atoms with van der Waals surface area (Å²) in [7, 11) is 0. The third kappa shape index (κ3) is 4.47. The lowest BCUT2D eigenvalue weighted by molar-refractivity contribution is 0.0690. The first-order valence-corrected chi connectivity index (χ1v) is 9.21. The van der Waals surface area contributed by atoms with E-state index in [0.717, 1.165) is 18.9 Å². The van der Waals surface area contributed by atoms with Crippen LogP contribution in [0, 0.1) is 18.7 Å². The van der Waals surface area contributed by atoms with Gasteiger partial charge in [-0.05, 0) is 43.9 Å². The van der Waals surface area contributed by atoms with Crippen LogP contribution >= 0.6 is 11.6 Å². The molecule has 1 aromatic carbocycles. The summed E-state index contributed by atoms with van der Waals surface area (Å²) in [6.07, 6.45) is 1.94. The number of hydrogen-bond acceptors (Lipinski definition) is 4. The van der Waals surface area contributed by atoms with Gasteiger partial charge in [-0.2, -0.15) is 0 Å². The summed E-state index contributed by atoms with van der Waals surface area (Å²) in [4.78, 5) is 30.8. The largest absolute Gasteiger partial charge is 0.443 e. The SMILES string of the molecule is Cc1oc(CNC(=O)c2cc(F)ccc2Cl)nc1C(=O)N1CCC(C)CC1. The van der Waals surface area contributed by atoms with Gasteiger partial charge in [-0.3, -0.25) is 9.59 Å². The Morgan fingerprint density at radius 1 is 1.37 bits per heavy atom. The highest BCUT2D eigenvalue weighted by Crippen LogP contribution is 2.20. The van der Waals surface area contributed by atoms with Crippen molar-refractivity contribution >= 4 is 23.4 Å². The minimum atomic E-state index is -0.555. The molecule has 6 nitrogen and oxygen atoms in total. The molecular formula is C19H21ClFN3O3. The Hall–Kier alpha value is -2.41. The first kappa shape index (κ1) is 19.4. The smallest absolute Gasteiger partial charge is 0.276 e. The van der Waals surface area contributed by atoms with Crippen LogP contribution < -0.4 is 5.32 Å². The van der Waals surface area contributed by atoms with Crippen LogP contribution in [0.3, 0.4) is 0 Å². The lowest BCUT2D eigenvalue weighted by Gasteiger charge is -2.29. The molecule has 2 amide bonds. The molecule has 0 saturated carbocycles. The fourth-order valence-electron chi connectivity index (χ4n) is 3.01. The van der Waals surface area contributed by atoms with Crippen LogP contribution in [-0.2, 0) is 6.54 Å². The minimum absolute atomic E-state index is 0.0266. The van der Waals surface area contributed by atoms with Crippen molar-refractivity contribution < 1.29 is 18.4 Å². The summed E-state index contributed by atoms with van der Waals surface area (Å²) >= 11 is 5.92. The molecule has 1 aliphatic heterocycles. The molecule has 0 unspecified atom stereocenters. The van der Waals surface area contributed by atoms with E-state index in [4.69, 9.17) is 16.0 Å². The van der Waals surface area contributed by atoms with Crippen LogP contribution in [0.2, 0.25) is 5.02 Å². The van der Waals surface area contributed by atoms with Crippen molar-refractivity contribution in [3.8, 4) is 0 Å². The van der Waals surface area contributed by atoms with Gasteiger partial charge in [0.05, 0.1) is 17.1 Å². The second-order valence-electron chi connectivity index (χ2n) is 6.79. The van der Waals surface area contributed by atoms with Gasteiger partial charge in [-0.1, -0.05) is 18.5 Å². The van der Waals surface area contributed by atoms with E-state index in [1.54, 1.807) is 11.8 Å². The van der Waals surface area contributed by atoms with Gasteiger partial charge in [0.1, 0.15) is 11.6 Å². The number of piperidine rings is 1. The standard InChI is InChI=1S/C19H21ClFN3O3/c1-11-5-7-24(8-6-11)19(26)17-12(2)27-16(23-17)10-22-18(25)14-9-13(21)3-4-15(14)20/h3-4,9,11H,5-8,10H2,1-2H3,(H,22,25). The second kappa shape index (κ2) is 8.08. The predicted octanol–water partition coefficient (Wildman–Crippen LogP) is 3.58. The van der Waals surface area contributed by atoms with E-state index >= 15 is 0 Å². The Morgan fingerprint density at radius 3 is 2.78 bits per heavy atom. The van der Waals surface area contributed by atoms with E-state index in [9.17, 15) is 14.0 Å². The van der Waals surface area contributed by atoms with E-state index in [2.05, 4.69) is 17.2 Å².